The van der Waals surface area contributed by atoms with E-state index in [1.165, 1.54) is 18.2 Å². The van der Waals surface area contributed by atoms with Crippen molar-refractivity contribution in [1.29, 1.82) is 0 Å². The molecule has 0 aliphatic rings. The third-order valence-corrected chi connectivity index (χ3v) is 3.98. The van der Waals surface area contributed by atoms with Crippen LogP contribution in [0.3, 0.4) is 0 Å². The van der Waals surface area contributed by atoms with Crippen LogP contribution in [0.1, 0.15) is 0 Å². The fourth-order valence-corrected chi connectivity index (χ4v) is 2.75. The maximum atomic E-state index is 10.8. The summed E-state index contributed by atoms with van der Waals surface area (Å²) < 4.78 is 5.92. The summed E-state index contributed by atoms with van der Waals surface area (Å²) in [6.07, 6.45) is 0. The monoisotopic (exact) mass is 342 g/mol. The first-order valence-corrected chi connectivity index (χ1v) is 7.66. The Balaban J connectivity index is 2.05. The number of fused-ring (bicyclic) bond motifs is 1. The molecule has 3 rings (SSSR count). The van der Waals surface area contributed by atoms with Gasteiger partial charge in [-0.25, -0.2) is 0 Å². The first-order chi connectivity index (χ1) is 11.5. The van der Waals surface area contributed by atoms with Crippen molar-refractivity contribution in [2.24, 2.45) is 0 Å². The minimum absolute atomic E-state index is 0.0693. The summed E-state index contributed by atoms with van der Waals surface area (Å²) in [5.74, 6) is 1.02. The maximum absolute atomic E-state index is 10.8. The van der Waals surface area contributed by atoms with Gasteiger partial charge < -0.3 is 9.64 Å². The molecule has 0 radical (unpaired) electrons. The fourth-order valence-electron chi connectivity index (χ4n) is 2.54. The molecule has 0 bridgehead atoms. The van der Waals surface area contributed by atoms with Crippen LogP contribution in [0.25, 0.3) is 10.8 Å². The molecule has 0 N–H and O–H groups in total. The van der Waals surface area contributed by atoms with E-state index in [1.54, 1.807) is 0 Å². The van der Waals surface area contributed by atoms with Crippen molar-refractivity contribution < 1.29 is 9.66 Å². The molecule has 0 aliphatic carbocycles. The zero-order chi connectivity index (χ0) is 17.3. The molecular formula is C18H15ClN2O3. The molecule has 0 unspecified atom stereocenters. The highest BCUT2D eigenvalue weighted by molar-refractivity contribution is 6.32. The summed E-state index contributed by atoms with van der Waals surface area (Å²) in [6, 6.07) is 15.9. The Morgan fingerprint density at radius 1 is 1.00 bits per heavy atom. The maximum Gasteiger partial charge on any atom is 0.271 e. The smallest absolute Gasteiger partial charge is 0.271 e. The molecule has 5 nitrogen and oxygen atoms in total. The van der Waals surface area contributed by atoms with Crippen LogP contribution < -0.4 is 9.64 Å². The molecule has 3 aromatic rings. The van der Waals surface area contributed by atoms with Gasteiger partial charge in [-0.2, -0.15) is 0 Å². The summed E-state index contributed by atoms with van der Waals surface area (Å²) in [5.41, 5.74) is 1.01. The number of nitrogens with zero attached hydrogens (tertiary/aromatic N) is 2. The Kier molecular flexibility index (Phi) is 4.27. The lowest BCUT2D eigenvalue weighted by Crippen LogP contribution is -2.09. The largest absolute Gasteiger partial charge is 0.455 e. The molecule has 3 aromatic carbocycles. The van der Waals surface area contributed by atoms with E-state index in [4.69, 9.17) is 16.3 Å². The summed E-state index contributed by atoms with van der Waals surface area (Å²) in [6.45, 7) is 0. The number of ether oxygens (including phenoxy) is 1. The van der Waals surface area contributed by atoms with Crippen LogP contribution in [0, 0.1) is 10.1 Å². The molecule has 0 saturated carbocycles. The SMILES string of the molecule is CN(C)c1ccc(Oc2ccc([N+](=O)[O-])cc2Cl)c2ccccc12. The molecule has 0 aromatic heterocycles. The highest BCUT2D eigenvalue weighted by atomic mass is 35.5. The second-order valence-corrected chi connectivity index (χ2v) is 5.90. The van der Waals surface area contributed by atoms with E-state index in [2.05, 4.69) is 0 Å². The van der Waals surface area contributed by atoms with Crippen LogP contribution in [0.15, 0.2) is 54.6 Å². The van der Waals surface area contributed by atoms with Crippen LogP contribution in [0.5, 0.6) is 11.5 Å². The normalized spacial score (nSPS) is 10.6. The quantitative estimate of drug-likeness (QED) is 0.479. The van der Waals surface area contributed by atoms with Crippen molar-refractivity contribution in [3.63, 3.8) is 0 Å². The van der Waals surface area contributed by atoms with Crippen molar-refractivity contribution >= 4 is 33.7 Å². The Morgan fingerprint density at radius 3 is 2.29 bits per heavy atom. The zero-order valence-corrected chi connectivity index (χ0v) is 13.9. The molecule has 0 spiro atoms. The van der Waals surface area contributed by atoms with Crippen molar-refractivity contribution in [2.75, 3.05) is 19.0 Å². The van der Waals surface area contributed by atoms with E-state index >= 15 is 0 Å². The molecule has 0 atom stereocenters. The van der Waals surface area contributed by atoms with Gasteiger partial charge in [0.25, 0.3) is 5.69 Å². The second kappa shape index (κ2) is 6.37. The van der Waals surface area contributed by atoms with Crippen LogP contribution in [-0.4, -0.2) is 19.0 Å². The van der Waals surface area contributed by atoms with Gasteiger partial charge in [-0.1, -0.05) is 35.9 Å². The highest BCUT2D eigenvalue weighted by Gasteiger charge is 2.13. The number of benzene rings is 3. The summed E-state index contributed by atoms with van der Waals surface area (Å²) in [4.78, 5) is 12.3. The van der Waals surface area contributed by atoms with Crippen molar-refractivity contribution in [3.8, 4) is 11.5 Å². The Labute approximate surface area is 144 Å². The number of nitro groups is 1. The van der Waals surface area contributed by atoms with E-state index in [0.717, 1.165) is 16.5 Å². The average Bonchev–Trinajstić information content (AvgIpc) is 2.56. The Morgan fingerprint density at radius 2 is 1.67 bits per heavy atom. The van der Waals surface area contributed by atoms with Gasteiger partial charge in [0.15, 0.2) is 0 Å². The third-order valence-electron chi connectivity index (χ3n) is 3.69. The number of halogens is 1. The van der Waals surface area contributed by atoms with E-state index < -0.39 is 4.92 Å². The summed E-state index contributed by atoms with van der Waals surface area (Å²) in [7, 11) is 3.96. The molecule has 0 amide bonds. The molecule has 0 fully saturated rings. The molecule has 122 valence electrons. The number of anilines is 1. The van der Waals surface area contributed by atoms with Gasteiger partial charge in [0.05, 0.1) is 9.95 Å². The van der Waals surface area contributed by atoms with E-state index in [9.17, 15) is 10.1 Å². The molecule has 0 heterocycles. The fraction of sp³-hybridized carbons (Fsp3) is 0.111. The number of hydrogen-bond donors (Lipinski definition) is 0. The topological polar surface area (TPSA) is 55.6 Å². The number of nitro benzene ring substituents is 1. The third kappa shape index (κ3) is 2.98. The Hall–Kier alpha value is -2.79. The number of non-ortho nitro benzene ring substituents is 1. The predicted molar refractivity (Wildman–Crippen MR) is 96.5 cm³/mol. The number of hydrogen-bond acceptors (Lipinski definition) is 4. The predicted octanol–water partition coefficient (Wildman–Crippen LogP) is 5.26. The van der Waals surface area contributed by atoms with E-state index in [0.29, 0.717) is 11.5 Å². The zero-order valence-electron chi connectivity index (χ0n) is 13.2. The minimum atomic E-state index is -0.489. The standard InChI is InChI=1S/C18H15ClN2O3/c1-20(2)16-8-10-17(14-6-4-3-5-13(14)16)24-18-9-7-12(21(22)23)11-15(18)19/h3-11H,1-2H3. The van der Waals surface area contributed by atoms with Gasteiger partial charge in [-0.05, 0) is 18.2 Å². The molecule has 6 heteroatoms. The van der Waals surface area contributed by atoms with Crippen LogP contribution in [0.2, 0.25) is 5.02 Å². The molecular weight excluding hydrogens is 328 g/mol. The lowest BCUT2D eigenvalue weighted by atomic mass is 10.1. The van der Waals surface area contributed by atoms with Gasteiger partial charge in [0, 0.05) is 42.7 Å². The van der Waals surface area contributed by atoms with E-state index in [-0.39, 0.29) is 10.7 Å². The van der Waals surface area contributed by atoms with Crippen LogP contribution >= 0.6 is 11.6 Å². The van der Waals surface area contributed by atoms with Gasteiger partial charge in [-0.15, -0.1) is 0 Å². The first kappa shape index (κ1) is 16.1. The summed E-state index contributed by atoms with van der Waals surface area (Å²) in [5, 5.41) is 13.0. The van der Waals surface area contributed by atoms with Crippen LogP contribution in [0.4, 0.5) is 11.4 Å². The van der Waals surface area contributed by atoms with Gasteiger partial charge in [0.2, 0.25) is 0 Å². The van der Waals surface area contributed by atoms with Crippen molar-refractivity contribution in [2.45, 2.75) is 0 Å². The lowest BCUT2D eigenvalue weighted by Gasteiger charge is -2.18. The highest BCUT2D eigenvalue weighted by Crippen LogP contribution is 2.38. The van der Waals surface area contributed by atoms with Gasteiger partial charge in [-0.3, -0.25) is 10.1 Å². The second-order valence-electron chi connectivity index (χ2n) is 5.50. The minimum Gasteiger partial charge on any atom is -0.455 e. The lowest BCUT2D eigenvalue weighted by molar-refractivity contribution is -0.384. The van der Waals surface area contributed by atoms with Crippen molar-refractivity contribution in [3.05, 3.63) is 69.7 Å². The number of rotatable bonds is 4. The van der Waals surface area contributed by atoms with Gasteiger partial charge >= 0.3 is 0 Å². The van der Waals surface area contributed by atoms with Gasteiger partial charge in [0.1, 0.15) is 11.5 Å². The van der Waals surface area contributed by atoms with Crippen LogP contribution in [-0.2, 0) is 0 Å². The molecule has 24 heavy (non-hydrogen) atoms. The van der Waals surface area contributed by atoms with E-state index in [1.807, 2.05) is 55.4 Å². The first-order valence-electron chi connectivity index (χ1n) is 7.28. The Bertz CT molecular complexity index is 925. The van der Waals surface area contributed by atoms with Crippen molar-refractivity contribution in [1.82, 2.24) is 0 Å². The molecule has 0 saturated heterocycles. The molecule has 0 aliphatic heterocycles. The summed E-state index contributed by atoms with van der Waals surface area (Å²) >= 11 is 6.12. The average molecular weight is 343 g/mol.